The van der Waals surface area contributed by atoms with Gasteiger partial charge in [0.2, 0.25) is 0 Å². The van der Waals surface area contributed by atoms with Crippen LogP contribution in [-0.2, 0) is 0 Å². The van der Waals surface area contributed by atoms with E-state index in [1.54, 1.807) is 24.3 Å². The monoisotopic (exact) mass is 824 g/mol. The van der Waals surface area contributed by atoms with Gasteiger partial charge in [-0.15, -0.1) is 11.8 Å². The summed E-state index contributed by atoms with van der Waals surface area (Å²) in [7, 11) is 0. The summed E-state index contributed by atoms with van der Waals surface area (Å²) in [4.78, 5) is 25.0. The molecule has 0 aliphatic heterocycles. The minimum atomic E-state index is -7.95. The molecule has 304 valence electrons. The van der Waals surface area contributed by atoms with E-state index in [9.17, 15) is 66.7 Å². The van der Waals surface area contributed by atoms with Gasteiger partial charge in [-0.05, 0) is 79.2 Å². The Kier molecular flexibility index (Phi) is 15.0. The highest BCUT2D eigenvalue weighted by Crippen LogP contribution is 2.60. The summed E-state index contributed by atoms with van der Waals surface area (Å²) in [5, 5.41) is 0. The normalized spacial score (nSPS) is 13.1. The molecule has 0 N–H and O–H groups in total. The molecule has 0 fully saturated rings. The van der Waals surface area contributed by atoms with Crippen LogP contribution >= 0.6 is 11.8 Å². The molecule has 5 nitrogen and oxygen atoms in total. The van der Waals surface area contributed by atoms with E-state index in [1.165, 1.54) is 43.5 Å². The van der Waals surface area contributed by atoms with Crippen LogP contribution < -0.4 is 14.2 Å². The van der Waals surface area contributed by atoms with E-state index >= 15 is 0 Å². The third-order valence-corrected chi connectivity index (χ3v) is 8.89. The number of esters is 2. The highest BCUT2D eigenvalue weighted by atomic mass is 32.2. The Labute approximate surface area is 310 Å². The quantitative estimate of drug-likeness (QED) is 0.0372. The van der Waals surface area contributed by atoms with Crippen molar-refractivity contribution in [2.75, 3.05) is 12.4 Å². The van der Waals surface area contributed by atoms with Crippen LogP contribution in [0.15, 0.2) is 77.7 Å². The van der Waals surface area contributed by atoms with Crippen LogP contribution in [0.25, 0.3) is 0 Å². The Morgan fingerprint density at radius 3 is 1.44 bits per heavy atom. The molecule has 0 aliphatic carbocycles. The fraction of sp³-hybridized carbons (Fsp3) is 0.444. The molecule has 3 rings (SSSR count). The highest BCUT2D eigenvalue weighted by molar-refractivity contribution is 7.99. The van der Waals surface area contributed by atoms with Crippen molar-refractivity contribution in [2.45, 2.75) is 92.6 Å². The van der Waals surface area contributed by atoms with Gasteiger partial charge in [-0.1, -0.05) is 39.0 Å². The summed E-state index contributed by atoms with van der Waals surface area (Å²) in [5.74, 6) is -39.2. The molecule has 0 atom stereocenters. The topological polar surface area (TPSA) is 61.8 Å². The first-order chi connectivity index (χ1) is 25.5. The Hall–Kier alpha value is -4.16. The third kappa shape index (κ3) is 10.8. The van der Waals surface area contributed by atoms with Crippen LogP contribution in [0.3, 0.4) is 0 Å². The van der Waals surface area contributed by atoms with E-state index in [-0.39, 0.29) is 39.3 Å². The van der Waals surface area contributed by atoms with Crippen molar-refractivity contribution in [2.24, 2.45) is 0 Å². The number of ether oxygens (including phenoxy) is 3. The number of hydrogen-bond acceptors (Lipinski definition) is 6. The zero-order valence-electron chi connectivity index (χ0n) is 28.7. The number of carbonyl (C=O) groups excluding carboxylic acids is 2. The van der Waals surface area contributed by atoms with Crippen LogP contribution in [0, 0.1) is 0 Å². The number of alkyl halides is 13. The zero-order chi connectivity index (χ0) is 41.3. The third-order valence-electron chi connectivity index (χ3n) is 7.87. The molecule has 0 aromatic heterocycles. The second-order valence-corrected chi connectivity index (χ2v) is 13.2. The lowest BCUT2D eigenvalue weighted by molar-refractivity contribution is -0.439. The van der Waals surface area contributed by atoms with Crippen molar-refractivity contribution in [3.8, 4) is 17.2 Å². The second-order valence-electron chi connectivity index (χ2n) is 12.0. The Morgan fingerprint density at radius 1 is 0.527 bits per heavy atom. The lowest BCUT2D eigenvalue weighted by Crippen LogP contribution is -2.70. The van der Waals surface area contributed by atoms with Gasteiger partial charge in [0.1, 0.15) is 17.2 Å². The van der Waals surface area contributed by atoms with Gasteiger partial charge in [0.25, 0.3) is 0 Å². The molecular formula is C36H33F13O5S. The van der Waals surface area contributed by atoms with Crippen LogP contribution in [0.4, 0.5) is 57.1 Å². The number of halogens is 13. The highest BCUT2D eigenvalue weighted by Gasteiger charge is 2.90. The van der Waals surface area contributed by atoms with E-state index in [2.05, 4.69) is 6.92 Å². The average Bonchev–Trinajstić information content (AvgIpc) is 3.11. The van der Waals surface area contributed by atoms with Crippen LogP contribution in [0.5, 0.6) is 17.2 Å². The molecule has 3 aromatic carbocycles. The molecule has 0 unspecified atom stereocenters. The van der Waals surface area contributed by atoms with Gasteiger partial charge in [-0.25, -0.2) is 9.59 Å². The lowest BCUT2D eigenvalue weighted by Gasteiger charge is -2.39. The number of hydrogen-bond donors (Lipinski definition) is 0. The molecule has 3 aromatic rings. The Balaban J connectivity index is 1.50. The van der Waals surface area contributed by atoms with E-state index in [4.69, 9.17) is 14.2 Å². The fourth-order valence-electron chi connectivity index (χ4n) is 4.61. The molecule has 0 saturated carbocycles. The minimum absolute atomic E-state index is 0.0228. The summed E-state index contributed by atoms with van der Waals surface area (Å²) in [6, 6.07) is 15.9. The first-order valence-electron chi connectivity index (χ1n) is 16.4. The van der Waals surface area contributed by atoms with Gasteiger partial charge >= 0.3 is 47.7 Å². The van der Waals surface area contributed by atoms with Gasteiger partial charge in [-0.3, -0.25) is 0 Å². The molecule has 19 heteroatoms. The van der Waals surface area contributed by atoms with E-state index in [1.807, 2.05) is 0 Å². The summed E-state index contributed by atoms with van der Waals surface area (Å²) in [6.07, 6.45) is -3.12. The number of carbonyl (C=O) groups is 2. The largest absolute Gasteiger partial charge is 0.494 e. The van der Waals surface area contributed by atoms with E-state index in [0.717, 1.165) is 43.5 Å². The zero-order valence-corrected chi connectivity index (χ0v) is 29.5. The Bertz CT molecular complexity index is 1700. The molecule has 0 amide bonds. The van der Waals surface area contributed by atoms with Gasteiger partial charge < -0.3 is 14.2 Å². The van der Waals surface area contributed by atoms with Crippen molar-refractivity contribution >= 4 is 23.7 Å². The SMILES string of the molecule is CCCCCCCCOc1ccc(OC(=O)c2ccc(OC(=O)c3ccc(SCCC(F)(F)C(F)(F)C(F)(F)C(F)(F)C(F)(F)C(F)(F)F)cc3)cc2)cc1. The molecule has 0 radical (unpaired) electrons. The Morgan fingerprint density at radius 2 is 0.945 bits per heavy atom. The second kappa shape index (κ2) is 18.2. The maximum Gasteiger partial charge on any atom is 0.460 e. The maximum atomic E-state index is 14.1. The summed E-state index contributed by atoms with van der Waals surface area (Å²) in [5.41, 5.74) is -0.0406. The van der Waals surface area contributed by atoms with Gasteiger partial charge in [0.05, 0.1) is 17.7 Å². The summed E-state index contributed by atoms with van der Waals surface area (Å²) in [6.45, 7) is 2.71. The van der Waals surface area contributed by atoms with Crippen molar-refractivity contribution in [1.29, 1.82) is 0 Å². The molecule has 0 spiro atoms. The van der Waals surface area contributed by atoms with Gasteiger partial charge in [0.15, 0.2) is 0 Å². The number of benzene rings is 3. The van der Waals surface area contributed by atoms with Gasteiger partial charge in [-0.2, -0.15) is 57.1 Å². The lowest BCUT2D eigenvalue weighted by atomic mass is 9.93. The standard InChI is InChI=1S/C36H33F13O5S/c1-2-3-4-5-6-7-21-52-25-14-16-27(17-15-25)54-29(50)23-8-12-26(13-9-23)53-30(51)24-10-18-28(19-11-24)55-22-20-31(37,38)32(39,40)33(41,42)34(43,44)35(45,46)36(47,48)49/h8-19H,2-7,20-22H2,1H3. The van der Waals surface area contributed by atoms with Crippen LogP contribution in [-0.4, -0.2) is 60.1 Å². The van der Waals surface area contributed by atoms with E-state index < -0.39 is 59.9 Å². The van der Waals surface area contributed by atoms with Gasteiger partial charge in [0, 0.05) is 17.1 Å². The summed E-state index contributed by atoms with van der Waals surface area (Å²) >= 11 is 0.251. The molecule has 0 heterocycles. The number of rotatable bonds is 20. The molecule has 0 bridgehead atoms. The molecule has 55 heavy (non-hydrogen) atoms. The molecule has 0 aliphatic rings. The molecular weight excluding hydrogens is 791 g/mol. The predicted molar refractivity (Wildman–Crippen MR) is 174 cm³/mol. The van der Waals surface area contributed by atoms with E-state index in [0.29, 0.717) is 12.4 Å². The van der Waals surface area contributed by atoms with Crippen molar-refractivity contribution < 1.29 is 80.9 Å². The first-order valence-corrected chi connectivity index (χ1v) is 17.4. The van der Waals surface area contributed by atoms with Crippen molar-refractivity contribution in [1.82, 2.24) is 0 Å². The van der Waals surface area contributed by atoms with Crippen LogP contribution in [0.1, 0.15) is 72.6 Å². The van der Waals surface area contributed by atoms with Crippen LogP contribution in [0.2, 0.25) is 0 Å². The van der Waals surface area contributed by atoms with Crippen molar-refractivity contribution in [3.63, 3.8) is 0 Å². The minimum Gasteiger partial charge on any atom is -0.494 e. The smallest absolute Gasteiger partial charge is 0.460 e. The first kappa shape index (κ1) is 45.2. The number of thioether (sulfide) groups is 1. The fourth-order valence-corrected chi connectivity index (χ4v) is 5.53. The predicted octanol–water partition coefficient (Wildman–Crippen LogP) is 12.1. The average molecular weight is 825 g/mol. The van der Waals surface area contributed by atoms with Crippen molar-refractivity contribution in [3.05, 3.63) is 83.9 Å². The summed E-state index contributed by atoms with van der Waals surface area (Å²) < 4.78 is 189. The number of unbranched alkanes of at least 4 members (excludes halogenated alkanes) is 5. The maximum absolute atomic E-state index is 14.1. The molecule has 0 saturated heterocycles.